The van der Waals surface area contributed by atoms with Crippen LogP contribution in [-0.4, -0.2) is 46.4 Å². The van der Waals surface area contributed by atoms with E-state index < -0.39 is 10.0 Å². The van der Waals surface area contributed by atoms with Crippen molar-refractivity contribution >= 4 is 44.3 Å². The number of nitrogens with one attached hydrogen (secondary N) is 2. The lowest BCUT2D eigenvalue weighted by Crippen LogP contribution is -2.15. The zero-order valence-corrected chi connectivity index (χ0v) is 21.9. The molecular formula is C26H24N6O4S2. The molecule has 0 unspecified atom stereocenters. The lowest BCUT2D eigenvalue weighted by atomic mass is 10.1. The number of aromatic amines is 1. The fraction of sp³-hybridized carbons (Fsp3) is 0.115. The Balaban J connectivity index is 1.42. The van der Waals surface area contributed by atoms with Crippen molar-refractivity contribution in [3.63, 3.8) is 0 Å². The van der Waals surface area contributed by atoms with Crippen LogP contribution >= 0.6 is 11.8 Å². The molecule has 2 heterocycles. The van der Waals surface area contributed by atoms with Crippen LogP contribution in [0.3, 0.4) is 0 Å². The zero-order valence-electron chi connectivity index (χ0n) is 20.3. The molecule has 2 aromatic heterocycles. The molecule has 0 aliphatic carbocycles. The van der Waals surface area contributed by atoms with E-state index in [1.54, 1.807) is 0 Å². The molecule has 5 rings (SSSR count). The summed E-state index contributed by atoms with van der Waals surface area (Å²) in [5.41, 5.74) is 3.13. The number of anilines is 1. The van der Waals surface area contributed by atoms with Crippen molar-refractivity contribution in [3.05, 3.63) is 79.0 Å². The summed E-state index contributed by atoms with van der Waals surface area (Å²) in [5.74, 6) is 1.15. The van der Waals surface area contributed by atoms with E-state index in [4.69, 9.17) is 9.88 Å². The number of thioether (sulfide) groups is 1. The van der Waals surface area contributed by atoms with E-state index >= 15 is 0 Å². The number of amides is 1. The first-order valence-electron chi connectivity index (χ1n) is 11.6. The van der Waals surface area contributed by atoms with Crippen LogP contribution in [0, 0.1) is 0 Å². The molecular weight excluding hydrogens is 524 g/mol. The number of benzene rings is 3. The molecule has 4 N–H and O–H groups in total. The Kier molecular flexibility index (Phi) is 7.18. The van der Waals surface area contributed by atoms with Crippen LogP contribution in [0.25, 0.3) is 28.0 Å². The summed E-state index contributed by atoms with van der Waals surface area (Å²) in [6, 6.07) is 21.2. The number of ether oxygens (including phenoxy) is 1. The second-order valence-corrected chi connectivity index (χ2v) is 10.7. The average molecular weight is 549 g/mol. The van der Waals surface area contributed by atoms with E-state index in [1.165, 1.54) is 36.0 Å². The first-order valence-corrected chi connectivity index (χ1v) is 14.2. The Hall–Kier alpha value is -4.13. The van der Waals surface area contributed by atoms with Crippen molar-refractivity contribution in [2.75, 3.05) is 17.7 Å². The molecule has 0 aliphatic rings. The molecule has 1 amide bonds. The largest absolute Gasteiger partial charge is 0.494 e. The predicted molar refractivity (Wildman–Crippen MR) is 147 cm³/mol. The normalized spacial score (nSPS) is 11.5. The maximum Gasteiger partial charge on any atom is 0.238 e. The van der Waals surface area contributed by atoms with E-state index in [-0.39, 0.29) is 16.6 Å². The molecule has 5 aromatic rings. The minimum absolute atomic E-state index is 0.0295. The number of H-pyrrole nitrogens is 1. The summed E-state index contributed by atoms with van der Waals surface area (Å²) in [7, 11) is -3.81. The van der Waals surface area contributed by atoms with Crippen molar-refractivity contribution in [1.29, 1.82) is 0 Å². The summed E-state index contributed by atoms with van der Waals surface area (Å²) in [5, 5.41) is 18.3. The third-order valence-corrected chi connectivity index (χ3v) is 7.53. The van der Waals surface area contributed by atoms with E-state index in [0.717, 1.165) is 27.9 Å². The fourth-order valence-corrected chi connectivity index (χ4v) is 5.21. The molecule has 12 heteroatoms. The Morgan fingerprint density at radius 3 is 2.50 bits per heavy atom. The van der Waals surface area contributed by atoms with Crippen LogP contribution in [0.4, 0.5) is 5.69 Å². The number of nitrogens with two attached hydrogens (primary N) is 1. The highest BCUT2D eigenvalue weighted by Crippen LogP contribution is 2.33. The molecule has 0 saturated carbocycles. The maximum absolute atomic E-state index is 12.7. The summed E-state index contributed by atoms with van der Waals surface area (Å²) in [6.45, 7) is 2.49. The van der Waals surface area contributed by atoms with Crippen LogP contribution in [0.1, 0.15) is 6.92 Å². The standard InChI is InChI=1S/C26H24N6O4S2/c1-2-36-19-11-9-18(10-12-19)32-25(22-15-28-23-6-4-3-5-21(22)23)30-31-26(32)37-16-24(33)29-17-7-13-20(14-8-17)38(27,34)35/h3-15,28H,2,16H2,1H3,(H,29,33)(H2,27,34,35). The predicted octanol–water partition coefficient (Wildman–Crippen LogP) is 4.19. The van der Waals surface area contributed by atoms with Crippen LogP contribution in [0.5, 0.6) is 5.75 Å². The topological polar surface area (TPSA) is 145 Å². The molecule has 194 valence electrons. The number of rotatable bonds is 9. The Morgan fingerprint density at radius 2 is 1.79 bits per heavy atom. The van der Waals surface area contributed by atoms with Gasteiger partial charge in [0.25, 0.3) is 0 Å². The van der Waals surface area contributed by atoms with Gasteiger partial charge in [0.2, 0.25) is 15.9 Å². The van der Waals surface area contributed by atoms with E-state index in [0.29, 0.717) is 23.3 Å². The zero-order chi connectivity index (χ0) is 26.7. The summed E-state index contributed by atoms with van der Waals surface area (Å²) >= 11 is 1.23. The van der Waals surface area contributed by atoms with Crippen molar-refractivity contribution < 1.29 is 17.9 Å². The molecule has 0 saturated heterocycles. The number of carbonyl (C=O) groups excluding carboxylic acids is 1. The maximum atomic E-state index is 12.7. The number of carbonyl (C=O) groups is 1. The third kappa shape index (κ3) is 5.42. The first kappa shape index (κ1) is 25.5. The number of hydrogen-bond acceptors (Lipinski definition) is 7. The minimum Gasteiger partial charge on any atom is -0.494 e. The smallest absolute Gasteiger partial charge is 0.238 e. The Labute approximate surface area is 223 Å². The van der Waals surface area contributed by atoms with Crippen molar-refractivity contribution in [3.8, 4) is 22.8 Å². The number of hydrogen-bond donors (Lipinski definition) is 3. The van der Waals surface area contributed by atoms with Crippen molar-refractivity contribution in [2.24, 2.45) is 5.14 Å². The van der Waals surface area contributed by atoms with Gasteiger partial charge in [0.05, 0.1) is 17.3 Å². The highest BCUT2D eigenvalue weighted by molar-refractivity contribution is 7.99. The van der Waals surface area contributed by atoms with E-state index in [1.807, 2.05) is 66.2 Å². The van der Waals surface area contributed by atoms with E-state index in [2.05, 4.69) is 20.5 Å². The van der Waals surface area contributed by atoms with Crippen LogP contribution in [-0.2, 0) is 14.8 Å². The van der Waals surface area contributed by atoms with Gasteiger partial charge in [-0.25, -0.2) is 13.6 Å². The lowest BCUT2D eigenvalue weighted by Gasteiger charge is -2.11. The molecule has 38 heavy (non-hydrogen) atoms. The Morgan fingerprint density at radius 1 is 1.05 bits per heavy atom. The van der Waals surface area contributed by atoms with Gasteiger partial charge in [-0.2, -0.15) is 0 Å². The SMILES string of the molecule is CCOc1ccc(-n2c(SCC(=O)Nc3ccc(S(N)(=O)=O)cc3)nnc2-c2c[nH]c3ccccc23)cc1. The van der Waals surface area contributed by atoms with Gasteiger partial charge in [-0.05, 0) is 61.5 Å². The number of sulfonamides is 1. The van der Waals surface area contributed by atoms with Gasteiger partial charge in [0.15, 0.2) is 11.0 Å². The summed E-state index contributed by atoms with van der Waals surface area (Å²) in [6.07, 6.45) is 1.89. The summed E-state index contributed by atoms with van der Waals surface area (Å²) < 4.78 is 30.4. The van der Waals surface area contributed by atoms with Crippen LogP contribution in [0.2, 0.25) is 0 Å². The molecule has 0 fully saturated rings. The van der Waals surface area contributed by atoms with Gasteiger partial charge < -0.3 is 15.0 Å². The van der Waals surface area contributed by atoms with Gasteiger partial charge in [0, 0.05) is 34.0 Å². The third-order valence-electron chi connectivity index (χ3n) is 5.67. The van der Waals surface area contributed by atoms with E-state index in [9.17, 15) is 13.2 Å². The highest BCUT2D eigenvalue weighted by Gasteiger charge is 2.20. The monoisotopic (exact) mass is 548 g/mol. The van der Waals surface area contributed by atoms with Gasteiger partial charge in [-0.15, -0.1) is 10.2 Å². The number of aromatic nitrogens is 4. The molecule has 0 atom stereocenters. The molecule has 0 spiro atoms. The van der Waals surface area contributed by atoms with Gasteiger partial charge in [-0.3, -0.25) is 9.36 Å². The molecule has 10 nitrogen and oxygen atoms in total. The van der Waals surface area contributed by atoms with Crippen LogP contribution in [0.15, 0.2) is 89.0 Å². The Bertz CT molecular complexity index is 1690. The van der Waals surface area contributed by atoms with Gasteiger partial charge in [0.1, 0.15) is 5.75 Å². The molecule has 0 bridgehead atoms. The van der Waals surface area contributed by atoms with Gasteiger partial charge >= 0.3 is 0 Å². The first-order chi connectivity index (χ1) is 18.3. The molecule has 0 radical (unpaired) electrons. The van der Waals surface area contributed by atoms with Crippen LogP contribution < -0.4 is 15.2 Å². The number of primary sulfonamides is 1. The highest BCUT2D eigenvalue weighted by atomic mass is 32.2. The summed E-state index contributed by atoms with van der Waals surface area (Å²) in [4.78, 5) is 15.9. The van der Waals surface area contributed by atoms with Crippen molar-refractivity contribution in [2.45, 2.75) is 17.0 Å². The fourth-order valence-electron chi connectivity index (χ4n) is 3.94. The van der Waals surface area contributed by atoms with Crippen molar-refractivity contribution in [1.82, 2.24) is 19.7 Å². The number of para-hydroxylation sites is 1. The quantitative estimate of drug-likeness (QED) is 0.234. The minimum atomic E-state index is -3.81. The second kappa shape index (κ2) is 10.7. The molecule has 3 aromatic carbocycles. The average Bonchev–Trinajstić information content (AvgIpc) is 3.52. The van der Waals surface area contributed by atoms with Gasteiger partial charge in [-0.1, -0.05) is 30.0 Å². The second-order valence-electron chi connectivity index (χ2n) is 8.22. The molecule has 0 aliphatic heterocycles. The number of fused-ring (bicyclic) bond motifs is 1. The lowest BCUT2D eigenvalue weighted by molar-refractivity contribution is -0.113. The number of nitrogens with zero attached hydrogens (tertiary/aromatic N) is 3.